The van der Waals surface area contributed by atoms with Gasteiger partial charge in [-0.2, -0.15) is 10.5 Å². The van der Waals surface area contributed by atoms with Gasteiger partial charge in [-0.3, -0.25) is 0 Å². The second-order valence-corrected chi connectivity index (χ2v) is 5.56. The van der Waals surface area contributed by atoms with E-state index in [0.29, 0.717) is 5.92 Å². The number of nitrogens with zero attached hydrogens (tertiary/aromatic N) is 2. The number of fused-ring (bicyclic) bond motifs is 1. The van der Waals surface area contributed by atoms with Crippen LogP contribution in [0.1, 0.15) is 64.4 Å². The highest BCUT2D eigenvalue weighted by Crippen LogP contribution is 2.27. The minimum Gasteiger partial charge on any atom is -0.154 e. The molecule has 0 aromatic heterocycles. The van der Waals surface area contributed by atoms with Crippen LogP contribution in [0.2, 0.25) is 0 Å². The molecule has 0 amide bonds. The van der Waals surface area contributed by atoms with E-state index < -0.39 is 0 Å². The van der Waals surface area contributed by atoms with Crippen molar-refractivity contribution in [3.8, 4) is 0 Å². The van der Waals surface area contributed by atoms with E-state index in [0.717, 1.165) is 5.69 Å². The molecular weight excluding hydrogens is 232 g/mol. The molecule has 1 heterocycles. The summed E-state index contributed by atoms with van der Waals surface area (Å²) in [5.74, 6) is 0.526. The third-order valence-electron chi connectivity index (χ3n) is 3.90. The second-order valence-electron chi connectivity index (χ2n) is 5.56. The second kappa shape index (κ2) is 7.32. The molecule has 2 nitrogen and oxygen atoms in total. The Morgan fingerprint density at radius 3 is 2.58 bits per heavy atom. The van der Waals surface area contributed by atoms with Crippen LogP contribution in [0.3, 0.4) is 0 Å². The third kappa shape index (κ3) is 3.82. The van der Waals surface area contributed by atoms with Gasteiger partial charge < -0.3 is 0 Å². The Morgan fingerprint density at radius 2 is 1.74 bits per heavy atom. The summed E-state index contributed by atoms with van der Waals surface area (Å²) in [6.07, 6.45) is 9.38. The maximum atomic E-state index is 4.37. The first-order valence-electron chi connectivity index (χ1n) is 7.71. The average molecular weight is 257 g/mol. The largest absolute Gasteiger partial charge is 0.154 e. The van der Waals surface area contributed by atoms with Crippen LogP contribution in [-0.4, -0.2) is 5.71 Å². The average Bonchev–Trinajstić information content (AvgIpc) is 2.86. The lowest BCUT2D eigenvalue weighted by atomic mass is 9.93. The zero-order chi connectivity index (χ0) is 13.5. The molecule has 1 atom stereocenters. The van der Waals surface area contributed by atoms with Crippen molar-refractivity contribution in [1.82, 2.24) is 5.43 Å². The highest BCUT2D eigenvalue weighted by Gasteiger charge is 2.21. The number of unbranched alkanes of at least 4 members (excludes halogenated alkanes) is 5. The summed E-state index contributed by atoms with van der Waals surface area (Å²) in [5.41, 5.74) is 7.71. The Kier molecular flexibility index (Phi) is 5.44. The van der Waals surface area contributed by atoms with E-state index in [-0.39, 0.29) is 0 Å². The standard InChI is InChI=1S/C17H25N2/c1-3-4-5-6-7-8-11-14(2)17-15-12-9-10-13-16(15)18-19-17/h9-10,12-14H,3-8,11H2,1-2H3. The Balaban J connectivity index is 1.74. The minimum atomic E-state index is 0.526. The van der Waals surface area contributed by atoms with E-state index in [4.69, 9.17) is 0 Å². The van der Waals surface area contributed by atoms with E-state index in [9.17, 15) is 0 Å². The van der Waals surface area contributed by atoms with Crippen LogP contribution in [-0.2, 0) is 0 Å². The van der Waals surface area contributed by atoms with Gasteiger partial charge in [0.05, 0.1) is 11.4 Å². The molecule has 1 aliphatic rings. The smallest absolute Gasteiger partial charge is 0.0948 e. The van der Waals surface area contributed by atoms with Crippen LogP contribution in [0, 0.1) is 5.92 Å². The van der Waals surface area contributed by atoms with Crippen molar-refractivity contribution in [3.63, 3.8) is 0 Å². The molecule has 2 heteroatoms. The molecule has 2 rings (SSSR count). The fourth-order valence-corrected chi connectivity index (χ4v) is 2.67. The van der Waals surface area contributed by atoms with Crippen LogP contribution >= 0.6 is 0 Å². The van der Waals surface area contributed by atoms with Gasteiger partial charge in [0.1, 0.15) is 0 Å². The van der Waals surface area contributed by atoms with Gasteiger partial charge in [-0.15, -0.1) is 0 Å². The lowest BCUT2D eigenvalue weighted by molar-refractivity contribution is 0.556. The monoisotopic (exact) mass is 257 g/mol. The molecule has 0 bridgehead atoms. The fourth-order valence-electron chi connectivity index (χ4n) is 2.67. The molecule has 0 fully saturated rings. The molecule has 1 aliphatic heterocycles. The first kappa shape index (κ1) is 14.1. The minimum absolute atomic E-state index is 0.526. The first-order chi connectivity index (χ1) is 9.33. The number of benzene rings is 1. The zero-order valence-corrected chi connectivity index (χ0v) is 12.2. The van der Waals surface area contributed by atoms with Gasteiger partial charge in [-0.1, -0.05) is 70.6 Å². The van der Waals surface area contributed by atoms with Crippen molar-refractivity contribution in [3.05, 3.63) is 29.8 Å². The van der Waals surface area contributed by atoms with E-state index in [1.807, 2.05) is 12.1 Å². The molecule has 0 aliphatic carbocycles. The molecule has 1 unspecified atom stereocenters. The maximum absolute atomic E-state index is 4.37. The van der Waals surface area contributed by atoms with Gasteiger partial charge in [0.2, 0.25) is 0 Å². The summed E-state index contributed by atoms with van der Waals surface area (Å²) < 4.78 is 0. The molecule has 0 saturated heterocycles. The lowest BCUT2D eigenvalue weighted by Crippen LogP contribution is -2.10. The van der Waals surface area contributed by atoms with Crippen LogP contribution in [0.25, 0.3) is 0 Å². The van der Waals surface area contributed by atoms with Crippen molar-refractivity contribution < 1.29 is 0 Å². The Hall–Kier alpha value is -1.31. The quantitative estimate of drug-likeness (QED) is 0.584. The molecule has 103 valence electrons. The summed E-state index contributed by atoms with van der Waals surface area (Å²) >= 11 is 0. The van der Waals surface area contributed by atoms with Gasteiger partial charge in [-0.25, -0.2) is 0 Å². The molecule has 0 spiro atoms. The van der Waals surface area contributed by atoms with Crippen LogP contribution in [0.4, 0.5) is 5.69 Å². The summed E-state index contributed by atoms with van der Waals surface area (Å²) in [6.45, 7) is 4.55. The summed E-state index contributed by atoms with van der Waals surface area (Å²) in [4.78, 5) is 0. The predicted octanol–water partition coefficient (Wildman–Crippen LogP) is 5.03. The fraction of sp³-hybridized carbons (Fsp3) is 0.588. The summed E-state index contributed by atoms with van der Waals surface area (Å²) in [7, 11) is 0. The zero-order valence-electron chi connectivity index (χ0n) is 12.2. The highest BCUT2D eigenvalue weighted by molar-refractivity contribution is 6.07. The molecule has 0 N–H and O–H groups in total. The normalized spacial score (nSPS) is 14.7. The van der Waals surface area contributed by atoms with Crippen molar-refractivity contribution in [2.75, 3.05) is 0 Å². The third-order valence-corrected chi connectivity index (χ3v) is 3.90. The van der Waals surface area contributed by atoms with E-state index >= 15 is 0 Å². The Bertz CT molecular complexity index is 423. The highest BCUT2D eigenvalue weighted by atomic mass is 15.3. The SMILES string of the molecule is CCCCCCCCC(C)C1=N[N]c2ccccc21. The Morgan fingerprint density at radius 1 is 1.00 bits per heavy atom. The first-order valence-corrected chi connectivity index (χ1v) is 7.71. The molecule has 1 aromatic rings. The molecule has 19 heavy (non-hydrogen) atoms. The van der Waals surface area contributed by atoms with Crippen molar-refractivity contribution in [2.45, 2.75) is 58.8 Å². The van der Waals surface area contributed by atoms with E-state index in [2.05, 4.69) is 36.5 Å². The number of hydrogen-bond donors (Lipinski definition) is 0. The molecule has 0 saturated carbocycles. The van der Waals surface area contributed by atoms with Crippen molar-refractivity contribution >= 4 is 11.4 Å². The van der Waals surface area contributed by atoms with Gasteiger partial charge >= 0.3 is 0 Å². The molecule has 1 aromatic carbocycles. The Labute approximate surface area is 117 Å². The molecule has 1 radical (unpaired) electrons. The van der Waals surface area contributed by atoms with Crippen LogP contribution in [0.15, 0.2) is 29.4 Å². The van der Waals surface area contributed by atoms with Gasteiger partial charge in [0, 0.05) is 11.5 Å². The molecular formula is C17H25N2. The maximum Gasteiger partial charge on any atom is 0.0948 e. The van der Waals surface area contributed by atoms with Gasteiger partial charge in [0.25, 0.3) is 0 Å². The number of hydrogen-bond acceptors (Lipinski definition) is 1. The van der Waals surface area contributed by atoms with Crippen LogP contribution in [0.5, 0.6) is 0 Å². The predicted molar refractivity (Wildman–Crippen MR) is 81.9 cm³/mol. The number of rotatable bonds is 8. The van der Waals surface area contributed by atoms with Gasteiger partial charge in [-0.05, 0) is 12.5 Å². The van der Waals surface area contributed by atoms with Gasteiger partial charge in [0.15, 0.2) is 0 Å². The van der Waals surface area contributed by atoms with E-state index in [1.165, 1.54) is 56.2 Å². The topological polar surface area (TPSA) is 26.5 Å². The lowest BCUT2D eigenvalue weighted by Gasteiger charge is -2.11. The summed E-state index contributed by atoms with van der Waals surface area (Å²) in [6, 6.07) is 8.29. The van der Waals surface area contributed by atoms with E-state index in [1.54, 1.807) is 0 Å². The van der Waals surface area contributed by atoms with Crippen molar-refractivity contribution in [2.24, 2.45) is 11.0 Å². The van der Waals surface area contributed by atoms with Crippen LogP contribution < -0.4 is 5.43 Å². The van der Waals surface area contributed by atoms with Crippen molar-refractivity contribution in [1.29, 1.82) is 0 Å². The summed E-state index contributed by atoms with van der Waals surface area (Å²) in [5, 5.41) is 4.37.